The number of alkyl halides is 3. The van der Waals surface area contributed by atoms with Gasteiger partial charge in [-0.3, -0.25) is 9.69 Å². The van der Waals surface area contributed by atoms with Crippen molar-refractivity contribution in [3.05, 3.63) is 24.2 Å². The van der Waals surface area contributed by atoms with Crippen LogP contribution < -0.4 is 0 Å². The third-order valence-electron chi connectivity index (χ3n) is 4.31. The zero-order valence-electron chi connectivity index (χ0n) is 14.1. The van der Waals surface area contributed by atoms with Crippen molar-refractivity contribution in [2.24, 2.45) is 13.0 Å². The molecule has 25 heavy (non-hydrogen) atoms. The van der Waals surface area contributed by atoms with Gasteiger partial charge in [0.2, 0.25) is 0 Å². The molecule has 1 atom stereocenters. The fourth-order valence-electron chi connectivity index (χ4n) is 3.27. The number of imidazole rings is 1. The van der Waals surface area contributed by atoms with Crippen molar-refractivity contribution in [3.63, 3.8) is 0 Å². The number of hydrogen-bond acceptors (Lipinski definition) is 4. The maximum Gasteiger partial charge on any atom is 0.401 e. The molecule has 0 N–H and O–H groups in total. The topological polar surface area (TPSA) is 54.3 Å². The predicted octanol–water partition coefficient (Wildman–Crippen LogP) is 1.92. The fraction of sp³-hybridized carbons (Fsp3) is 0.562. The summed E-state index contributed by atoms with van der Waals surface area (Å²) in [4.78, 5) is 24.3. The van der Waals surface area contributed by atoms with E-state index in [-0.39, 0.29) is 24.9 Å². The monoisotopic (exact) mass is 355 g/mol. The number of aromatic nitrogens is 3. The Kier molecular flexibility index (Phi) is 4.68. The minimum atomic E-state index is -4.23. The number of rotatable bonds is 2. The third kappa shape index (κ3) is 3.92. The molecule has 6 nitrogen and oxygen atoms in total. The van der Waals surface area contributed by atoms with E-state index in [0.29, 0.717) is 29.8 Å². The molecule has 136 valence electrons. The molecular formula is C16H20F3N5O. The van der Waals surface area contributed by atoms with Gasteiger partial charge in [0.1, 0.15) is 5.52 Å². The number of aryl methyl sites for hydroxylation is 1. The number of nitrogens with zero attached hydrogens (tertiary/aromatic N) is 5. The van der Waals surface area contributed by atoms with Crippen molar-refractivity contribution in [2.75, 3.05) is 32.7 Å². The van der Waals surface area contributed by atoms with Crippen LogP contribution in [0.3, 0.4) is 0 Å². The molecule has 1 saturated heterocycles. The molecule has 0 saturated carbocycles. The van der Waals surface area contributed by atoms with Gasteiger partial charge < -0.3 is 9.47 Å². The molecule has 0 spiro atoms. The van der Waals surface area contributed by atoms with Gasteiger partial charge in [-0.25, -0.2) is 9.97 Å². The van der Waals surface area contributed by atoms with Crippen molar-refractivity contribution < 1.29 is 18.0 Å². The molecule has 0 aromatic carbocycles. The van der Waals surface area contributed by atoms with E-state index in [1.807, 2.05) is 6.92 Å². The molecule has 0 aliphatic carbocycles. The average molecular weight is 355 g/mol. The van der Waals surface area contributed by atoms with Gasteiger partial charge in [-0.2, -0.15) is 13.2 Å². The van der Waals surface area contributed by atoms with Crippen LogP contribution >= 0.6 is 0 Å². The predicted molar refractivity (Wildman–Crippen MR) is 86.1 cm³/mol. The van der Waals surface area contributed by atoms with Crippen molar-refractivity contribution in [1.29, 1.82) is 0 Å². The summed E-state index contributed by atoms with van der Waals surface area (Å²) in [5.41, 5.74) is 1.55. The summed E-state index contributed by atoms with van der Waals surface area (Å²) in [6.07, 6.45) is -1.09. The van der Waals surface area contributed by atoms with Crippen LogP contribution in [0.2, 0.25) is 0 Å². The number of hydrogen-bond donors (Lipinski definition) is 0. The van der Waals surface area contributed by atoms with Crippen molar-refractivity contribution in [3.8, 4) is 0 Å². The molecule has 1 aliphatic rings. The van der Waals surface area contributed by atoms with E-state index in [4.69, 9.17) is 0 Å². The van der Waals surface area contributed by atoms with Gasteiger partial charge in [-0.1, -0.05) is 6.92 Å². The molecule has 0 radical (unpaired) electrons. The largest absolute Gasteiger partial charge is 0.401 e. The third-order valence-corrected chi connectivity index (χ3v) is 4.31. The van der Waals surface area contributed by atoms with Crippen molar-refractivity contribution >= 4 is 17.1 Å². The number of carbonyl (C=O) groups excluding carboxylic acids is 1. The van der Waals surface area contributed by atoms with Gasteiger partial charge >= 0.3 is 6.18 Å². The van der Waals surface area contributed by atoms with Gasteiger partial charge in [0.15, 0.2) is 5.65 Å². The molecule has 3 heterocycles. The van der Waals surface area contributed by atoms with Crippen molar-refractivity contribution in [1.82, 2.24) is 24.3 Å². The molecule has 1 aliphatic heterocycles. The molecule has 9 heteroatoms. The first-order valence-corrected chi connectivity index (χ1v) is 8.09. The lowest BCUT2D eigenvalue weighted by atomic mass is 10.1. The van der Waals surface area contributed by atoms with E-state index < -0.39 is 12.7 Å². The Bertz CT molecular complexity index is 773. The zero-order valence-corrected chi connectivity index (χ0v) is 14.1. The van der Waals surface area contributed by atoms with Crippen LogP contribution in [0.1, 0.15) is 17.3 Å². The summed E-state index contributed by atoms with van der Waals surface area (Å²) < 4.78 is 39.7. The minimum absolute atomic E-state index is 0.0464. The summed E-state index contributed by atoms with van der Waals surface area (Å²) in [6.45, 7) is 2.11. The van der Waals surface area contributed by atoms with Gasteiger partial charge in [-0.05, 0) is 12.0 Å². The highest BCUT2D eigenvalue weighted by Crippen LogP contribution is 2.21. The van der Waals surface area contributed by atoms with Gasteiger partial charge in [0, 0.05) is 39.4 Å². The Hall–Kier alpha value is -2.16. The van der Waals surface area contributed by atoms with Crippen LogP contribution in [0.4, 0.5) is 13.2 Å². The molecule has 1 fully saturated rings. The second-order valence-electron chi connectivity index (χ2n) is 6.59. The van der Waals surface area contributed by atoms with Crippen LogP contribution in [-0.2, 0) is 7.05 Å². The molecule has 2 aromatic heterocycles. The first-order chi connectivity index (χ1) is 11.7. The highest BCUT2D eigenvalue weighted by Gasteiger charge is 2.33. The van der Waals surface area contributed by atoms with E-state index in [9.17, 15) is 18.0 Å². The second kappa shape index (κ2) is 6.62. The van der Waals surface area contributed by atoms with Crippen LogP contribution in [0.5, 0.6) is 0 Å². The molecular weight excluding hydrogens is 335 g/mol. The molecule has 1 amide bonds. The first-order valence-electron chi connectivity index (χ1n) is 8.09. The number of halogens is 3. The quantitative estimate of drug-likeness (QED) is 0.826. The normalized spacial score (nSPS) is 20.0. The Labute approximate surface area is 143 Å². The lowest BCUT2D eigenvalue weighted by Crippen LogP contribution is -2.38. The minimum Gasteiger partial charge on any atom is -0.337 e. The number of pyridine rings is 1. The van der Waals surface area contributed by atoms with Crippen LogP contribution in [0.15, 0.2) is 18.6 Å². The molecule has 2 aromatic rings. The maximum absolute atomic E-state index is 12.9. The fourth-order valence-corrected chi connectivity index (χ4v) is 3.27. The standard InChI is InChI=1S/C16H20F3N5O/c1-11-7-23(9-16(17,18)19)5-6-24(8-11)15(25)12-3-4-20-14-13(12)21-10-22(14)2/h3-4,10-11H,5-9H2,1-2H3. The highest BCUT2D eigenvalue weighted by molar-refractivity contribution is 6.04. The summed E-state index contributed by atoms with van der Waals surface area (Å²) in [7, 11) is 1.79. The summed E-state index contributed by atoms with van der Waals surface area (Å²) in [5.74, 6) is -0.262. The van der Waals surface area contributed by atoms with Gasteiger partial charge in [-0.15, -0.1) is 0 Å². The lowest BCUT2D eigenvalue weighted by molar-refractivity contribution is -0.146. The van der Waals surface area contributed by atoms with Crippen LogP contribution in [-0.4, -0.2) is 69.1 Å². The van der Waals surface area contributed by atoms with Crippen molar-refractivity contribution in [2.45, 2.75) is 13.1 Å². The second-order valence-corrected chi connectivity index (χ2v) is 6.59. The first kappa shape index (κ1) is 17.7. The molecule has 1 unspecified atom stereocenters. The summed E-state index contributed by atoms with van der Waals surface area (Å²) in [6, 6.07) is 1.61. The Morgan fingerprint density at radius 2 is 2.04 bits per heavy atom. The SMILES string of the molecule is CC1CN(CC(F)(F)F)CCN(C(=O)c2ccnc3c2ncn3C)C1. The molecule has 3 rings (SSSR count). The lowest BCUT2D eigenvalue weighted by Gasteiger charge is -2.22. The zero-order chi connectivity index (χ0) is 18.2. The summed E-state index contributed by atoms with van der Waals surface area (Å²) in [5, 5.41) is 0. The van der Waals surface area contributed by atoms with E-state index in [2.05, 4.69) is 9.97 Å². The highest BCUT2D eigenvalue weighted by atomic mass is 19.4. The average Bonchev–Trinajstić information content (AvgIpc) is 2.80. The van der Waals surface area contributed by atoms with Gasteiger partial charge in [0.25, 0.3) is 5.91 Å². The number of carbonyl (C=O) groups is 1. The Balaban J connectivity index is 1.80. The Morgan fingerprint density at radius 1 is 1.28 bits per heavy atom. The maximum atomic E-state index is 12.9. The molecule has 0 bridgehead atoms. The van der Waals surface area contributed by atoms with E-state index in [0.717, 1.165) is 0 Å². The van der Waals surface area contributed by atoms with E-state index >= 15 is 0 Å². The Morgan fingerprint density at radius 3 is 2.76 bits per heavy atom. The number of fused-ring (bicyclic) bond motifs is 1. The smallest absolute Gasteiger partial charge is 0.337 e. The van der Waals surface area contributed by atoms with E-state index in [1.165, 1.54) is 4.90 Å². The van der Waals surface area contributed by atoms with Crippen LogP contribution in [0.25, 0.3) is 11.2 Å². The van der Waals surface area contributed by atoms with Crippen LogP contribution in [0, 0.1) is 5.92 Å². The summed E-state index contributed by atoms with van der Waals surface area (Å²) >= 11 is 0. The van der Waals surface area contributed by atoms with Gasteiger partial charge in [0.05, 0.1) is 18.4 Å². The van der Waals surface area contributed by atoms with E-state index in [1.54, 1.807) is 35.1 Å². The number of amides is 1.